The highest BCUT2D eigenvalue weighted by atomic mass is 32.2. The summed E-state index contributed by atoms with van der Waals surface area (Å²) in [7, 11) is 0. The third-order valence-corrected chi connectivity index (χ3v) is 1.95. The highest BCUT2D eigenvalue weighted by Crippen LogP contribution is 2.15. The Bertz CT molecular complexity index is 194. The van der Waals surface area contributed by atoms with Gasteiger partial charge in [0.1, 0.15) is 0 Å². The van der Waals surface area contributed by atoms with E-state index in [9.17, 15) is 0 Å². The maximum Gasteiger partial charge on any atom is 0.0497 e. The van der Waals surface area contributed by atoms with Gasteiger partial charge in [-0.05, 0) is 17.9 Å². The summed E-state index contributed by atoms with van der Waals surface area (Å²) < 4.78 is 0. The largest absolute Gasteiger partial charge is 0.279 e. The standard InChI is InChI=1S/C7H10N2S/c1-6-5-7(2)10-4-3-8-9-6/h3,5,9H,1,4H2,2H3/b7-5-,8-3-. The maximum atomic E-state index is 3.91. The molecule has 0 saturated heterocycles. The maximum absolute atomic E-state index is 3.91. The normalized spacial score (nSPS) is 27.3. The van der Waals surface area contributed by atoms with Gasteiger partial charge in [0.2, 0.25) is 0 Å². The van der Waals surface area contributed by atoms with Crippen LogP contribution in [0, 0.1) is 0 Å². The summed E-state index contributed by atoms with van der Waals surface area (Å²) in [6.07, 6.45) is 3.83. The number of rotatable bonds is 0. The van der Waals surface area contributed by atoms with Gasteiger partial charge in [-0.3, -0.25) is 5.43 Å². The lowest BCUT2D eigenvalue weighted by atomic mass is 10.4. The number of thioether (sulfide) groups is 1. The van der Waals surface area contributed by atoms with E-state index in [4.69, 9.17) is 0 Å². The highest BCUT2D eigenvalue weighted by molar-refractivity contribution is 8.03. The third kappa shape index (κ3) is 2.27. The number of hydrogen-bond acceptors (Lipinski definition) is 3. The zero-order valence-electron chi connectivity index (χ0n) is 5.92. The molecule has 0 saturated carbocycles. The first-order valence-corrected chi connectivity index (χ1v) is 4.05. The van der Waals surface area contributed by atoms with Crippen LogP contribution in [0.1, 0.15) is 6.92 Å². The van der Waals surface area contributed by atoms with Gasteiger partial charge in [-0.15, -0.1) is 11.8 Å². The molecule has 1 N–H and O–H groups in total. The van der Waals surface area contributed by atoms with E-state index in [1.54, 1.807) is 11.8 Å². The van der Waals surface area contributed by atoms with Crippen LogP contribution in [0.2, 0.25) is 0 Å². The van der Waals surface area contributed by atoms with Crippen molar-refractivity contribution in [3.8, 4) is 0 Å². The molecular formula is C7H10N2S. The van der Waals surface area contributed by atoms with Gasteiger partial charge in [0.05, 0.1) is 0 Å². The molecule has 2 nitrogen and oxygen atoms in total. The summed E-state index contributed by atoms with van der Waals surface area (Å²) in [5, 5.41) is 3.91. The van der Waals surface area contributed by atoms with Gasteiger partial charge in [-0.25, -0.2) is 0 Å². The van der Waals surface area contributed by atoms with Crippen LogP contribution in [-0.2, 0) is 0 Å². The van der Waals surface area contributed by atoms with E-state index in [1.807, 2.05) is 12.3 Å². The van der Waals surface area contributed by atoms with Crippen LogP contribution in [0.3, 0.4) is 0 Å². The molecular weight excluding hydrogens is 144 g/mol. The lowest BCUT2D eigenvalue weighted by molar-refractivity contribution is 0.926. The van der Waals surface area contributed by atoms with Crippen molar-refractivity contribution in [1.29, 1.82) is 0 Å². The molecule has 0 amide bonds. The fourth-order valence-corrected chi connectivity index (χ4v) is 1.29. The summed E-state index contributed by atoms with van der Waals surface area (Å²) in [5.41, 5.74) is 3.65. The van der Waals surface area contributed by atoms with Crippen LogP contribution in [0.25, 0.3) is 0 Å². The van der Waals surface area contributed by atoms with Crippen LogP contribution in [-0.4, -0.2) is 12.0 Å². The van der Waals surface area contributed by atoms with Crippen molar-refractivity contribution in [2.45, 2.75) is 6.92 Å². The number of hydrogen-bond donors (Lipinski definition) is 1. The van der Waals surface area contributed by atoms with Crippen molar-refractivity contribution in [2.75, 3.05) is 5.75 Å². The topological polar surface area (TPSA) is 24.4 Å². The van der Waals surface area contributed by atoms with E-state index >= 15 is 0 Å². The SMILES string of the molecule is C=C1/C=C(/C)SC/C=N\N1. The minimum Gasteiger partial charge on any atom is -0.279 e. The lowest BCUT2D eigenvalue weighted by Gasteiger charge is -2.04. The van der Waals surface area contributed by atoms with Gasteiger partial charge in [0.15, 0.2) is 0 Å². The van der Waals surface area contributed by atoms with E-state index in [1.165, 1.54) is 4.91 Å². The van der Waals surface area contributed by atoms with Crippen molar-refractivity contribution in [1.82, 2.24) is 5.43 Å². The van der Waals surface area contributed by atoms with Gasteiger partial charge in [0.25, 0.3) is 0 Å². The summed E-state index contributed by atoms with van der Waals surface area (Å²) in [4.78, 5) is 1.27. The molecule has 1 heterocycles. The fourth-order valence-electron chi connectivity index (χ4n) is 0.654. The second-order valence-electron chi connectivity index (χ2n) is 2.01. The molecule has 0 bridgehead atoms. The molecule has 54 valence electrons. The molecule has 0 unspecified atom stereocenters. The number of nitrogens with zero attached hydrogens (tertiary/aromatic N) is 1. The van der Waals surface area contributed by atoms with Gasteiger partial charge in [0, 0.05) is 17.7 Å². The van der Waals surface area contributed by atoms with E-state index < -0.39 is 0 Å². The Morgan fingerprint density at radius 1 is 1.80 bits per heavy atom. The van der Waals surface area contributed by atoms with Gasteiger partial charge >= 0.3 is 0 Å². The molecule has 0 radical (unpaired) electrons. The quantitative estimate of drug-likeness (QED) is 0.574. The average Bonchev–Trinajstić information content (AvgIpc) is 1.83. The third-order valence-electron chi connectivity index (χ3n) is 1.06. The van der Waals surface area contributed by atoms with Crippen molar-refractivity contribution >= 4 is 18.0 Å². The fraction of sp³-hybridized carbons (Fsp3) is 0.286. The molecule has 0 aromatic heterocycles. The minimum atomic E-state index is 0.848. The summed E-state index contributed by atoms with van der Waals surface area (Å²) in [5.74, 6) is 0.933. The zero-order chi connectivity index (χ0) is 7.40. The first-order valence-electron chi connectivity index (χ1n) is 3.06. The van der Waals surface area contributed by atoms with E-state index in [0.29, 0.717) is 0 Å². The van der Waals surface area contributed by atoms with E-state index in [0.717, 1.165) is 11.4 Å². The van der Waals surface area contributed by atoms with Gasteiger partial charge in [-0.1, -0.05) is 6.58 Å². The molecule has 1 aliphatic heterocycles. The molecule has 0 fully saturated rings. The summed E-state index contributed by atoms with van der Waals surface area (Å²) >= 11 is 1.77. The number of nitrogens with one attached hydrogen (secondary N) is 1. The smallest absolute Gasteiger partial charge is 0.0497 e. The Labute approximate surface area is 65.1 Å². The average molecular weight is 154 g/mol. The highest BCUT2D eigenvalue weighted by Gasteiger charge is 1.93. The van der Waals surface area contributed by atoms with Crippen molar-refractivity contribution in [3.05, 3.63) is 23.3 Å². The Hall–Kier alpha value is -0.700. The Morgan fingerprint density at radius 3 is 3.40 bits per heavy atom. The van der Waals surface area contributed by atoms with Gasteiger partial charge < -0.3 is 0 Å². The Kier molecular flexibility index (Phi) is 2.57. The molecule has 1 aliphatic rings. The predicted octanol–water partition coefficient (Wildman–Crippen LogP) is 1.73. The second kappa shape index (κ2) is 3.46. The number of hydrazone groups is 1. The summed E-state index contributed by atoms with van der Waals surface area (Å²) in [6.45, 7) is 5.82. The van der Waals surface area contributed by atoms with Crippen LogP contribution >= 0.6 is 11.8 Å². The first kappa shape index (κ1) is 7.41. The number of allylic oxidation sites excluding steroid dienone is 2. The van der Waals surface area contributed by atoms with Crippen LogP contribution in [0.5, 0.6) is 0 Å². The predicted molar refractivity (Wildman–Crippen MR) is 47.0 cm³/mol. The molecule has 0 aromatic rings. The first-order chi connectivity index (χ1) is 4.79. The van der Waals surface area contributed by atoms with Crippen LogP contribution in [0.4, 0.5) is 0 Å². The minimum absolute atomic E-state index is 0.848. The lowest BCUT2D eigenvalue weighted by Crippen LogP contribution is -2.04. The molecule has 0 atom stereocenters. The molecule has 0 aliphatic carbocycles. The Morgan fingerprint density at radius 2 is 2.60 bits per heavy atom. The van der Waals surface area contributed by atoms with Crippen LogP contribution in [0.15, 0.2) is 28.4 Å². The molecule has 10 heavy (non-hydrogen) atoms. The molecule has 0 aromatic carbocycles. The van der Waals surface area contributed by atoms with E-state index in [2.05, 4.69) is 24.0 Å². The molecule has 3 heteroatoms. The van der Waals surface area contributed by atoms with Crippen molar-refractivity contribution in [3.63, 3.8) is 0 Å². The Balaban J connectivity index is 2.63. The summed E-state index contributed by atoms with van der Waals surface area (Å²) in [6, 6.07) is 0. The van der Waals surface area contributed by atoms with Crippen molar-refractivity contribution < 1.29 is 0 Å². The molecule has 1 rings (SSSR count). The van der Waals surface area contributed by atoms with Crippen molar-refractivity contribution in [2.24, 2.45) is 5.10 Å². The van der Waals surface area contributed by atoms with Crippen LogP contribution < -0.4 is 5.43 Å². The zero-order valence-corrected chi connectivity index (χ0v) is 6.74. The monoisotopic (exact) mass is 154 g/mol. The van der Waals surface area contributed by atoms with Gasteiger partial charge in [-0.2, -0.15) is 5.10 Å². The van der Waals surface area contributed by atoms with E-state index in [-0.39, 0.29) is 0 Å². The second-order valence-corrected chi connectivity index (χ2v) is 3.28. The molecule has 0 spiro atoms.